The van der Waals surface area contributed by atoms with Gasteiger partial charge in [-0.1, -0.05) is 158 Å². The molecule has 4 heterocycles. The van der Waals surface area contributed by atoms with Gasteiger partial charge >= 0.3 is 23.9 Å². The van der Waals surface area contributed by atoms with Crippen molar-refractivity contribution >= 4 is 105 Å². The van der Waals surface area contributed by atoms with Gasteiger partial charge in [0, 0.05) is 21.9 Å². The Morgan fingerprint density at radius 3 is 1.14 bits per heavy atom. The predicted octanol–water partition coefficient (Wildman–Crippen LogP) is 20.2. The minimum absolute atomic E-state index is 0.0520. The molecule has 0 amide bonds. The average Bonchev–Trinajstić information content (AvgIpc) is 1.73. The van der Waals surface area contributed by atoms with E-state index in [0.29, 0.717) is 41.2 Å². The van der Waals surface area contributed by atoms with Crippen LogP contribution in [0.25, 0.3) is 0 Å². The van der Waals surface area contributed by atoms with E-state index in [0.717, 1.165) is 70.7 Å². The maximum absolute atomic E-state index is 11.9. The van der Waals surface area contributed by atoms with Crippen LogP contribution >= 0.6 is 45.8 Å². The summed E-state index contributed by atoms with van der Waals surface area (Å²) < 4.78 is 66.7. The van der Waals surface area contributed by atoms with Gasteiger partial charge < -0.3 is 61.0 Å². The highest BCUT2D eigenvalue weighted by molar-refractivity contribution is 8.14. The average molecular weight is 1760 g/mol. The van der Waals surface area contributed by atoms with E-state index in [1.165, 1.54) is 84.3 Å². The molecule has 0 aliphatic carbocycles. The van der Waals surface area contributed by atoms with E-state index in [2.05, 4.69) is 196 Å². The summed E-state index contributed by atoms with van der Waals surface area (Å²) in [6, 6.07) is 41.2. The first-order chi connectivity index (χ1) is 56.1. The van der Waals surface area contributed by atoms with Crippen LogP contribution in [0.5, 0.6) is 28.7 Å². The van der Waals surface area contributed by atoms with Gasteiger partial charge in [0.2, 0.25) is 5.78 Å². The van der Waals surface area contributed by atoms with Gasteiger partial charge in [0.05, 0.1) is 39.6 Å². The molecule has 0 saturated carbocycles. The Balaban J connectivity index is 0.000000267. The zero-order valence-electron chi connectivity index (χ0n) is 73.7. The number of nitriles is 1. The van der Waals surface area contributed by atoms with Crippen LogP contribution in [0.1, 0.15) is 188 Å². The van der Waals surface area contributed by atoms with Crippen molar-refractivity contribution in [3.63, 3.8) is 0 Å². The number of hydrogen-bond donors (Lipinski definition) is 1. The zero-order valence-corrected chi connectivity index (χ0v) is 80.0. The molecule has 30 heteroatoms. The van der Waals surface area contributed by atoms with Gasteiger partial charge in [-0.3, -0.25) is 9.79 Å². The van der Waals surface area contributed by atoms with Gasteiger partial charge in [0.25, 0.3) is 0 Å². The molecule has 5 atom stereocenters. The number of methoxy groups -OCH3 is 4. The number of aryl methyl sites for hydroxylation is 5. The van der Waals surface area contributed by atoms with Crippen LogP contribution in [-0.4, -0.2) is 165 Å². The fraction of sp³-hybridized carbons (Fsp3) is 0.483. The third kappa shape index (κ3) is 32.8. The van der Waals surface area contributed by atoms with E-state index < -0.39 is 61.1 Å². The molecule has 0 spiro atoms. The third-order valence-corrected chi connectivity index (χ3v) is 37.8. The highest BCUT2D eigenvalue weighted by Gasteiger charge is 2.44. The van der Waals surface area contributed by atoms with Crippen LogP contribution in [0.2, 0.25) is 54.4 Å². The van der Waals surface area contributed by atoms with Crippen LogP contribution in [0, 0.1) is 11.3 Å². The van der Waals surface area contributed by atoms with Crippen molar-refractivity contribution in [3.8, 4) is 34.8 Å². The topological polar surface area (TPSA) is 291 Å². The number of rotatable bonds is 34. The highest BCUT2D eigenvalue weighted by Crippen LogP contribution is 2.42. The Morgan fingerprint density at radius 1 is 0.445 bits per heavy atom. The molecule has 8 aromatic rings. The van der Waals surface area contributed by atoms with E-state index in [4.69, 9.17) is 46.4 Å². The number of ether oxygens (including phenoxy) is 9. The molecule has 9 rings (SSSR count). The Kier molecular flexibility index (Phi) is 41.0. The molecule has 3 aromatic heterocycles. The maximum atomic E-state index is 11.9. The van der Waals surface area contributed by atoms with Crippen LogP contribution in [-0.2, 0) is 69.1 Å². The standard InChI is InChI=1S/C21H33NO4SSi.C21H31NO4SSi.C17H27NO2Si.C15H17NO4S.C15H15NO4S/c2*1-8-15-9-11-16(12-10-15)25-13-18(26-28(6,7)21(2,3)4)19-22-17(14-27-19)20(23)24-5;1-7-14-8-10-15(11-9-14)19-13-16(12-18)20-21(5,6)17(2,3)4;2*1-3-10-4-6-11(7-5-10)20-8-13(17)14-16-12(9-21-14)15(18)19-2/h9-12,17-18H,8,13-14H2,1-7H3;9-12,14,18H,8,13H2,1-7H3;8-11,16H,7,13H2,1-6H3;4-7,9,13,17H,3,8H2,1-2H3;4-7,9H,3,8H2,1-2H3. The minimum atomic E-state index is -2.06. The zero-order chi connectivity index (χ0) is 88.5. The number of aliphatic hydroxyl groups is 1. The first-order valence-corrected chi connectivity index (χ1v) is 52.1. The summed E-state index contributed by atoms with van der Waals surface area (Å²) in [5.74, 6) is 2.23. The van der Waals surface area contributed by atoms with Crippen LogP contribution < -0.4 is 23.7 Å². The number of ketones is 1. The van der Waals surface area contributed by atoms with Crippen LogP contribution in [0.15, 0.2) is 142 Å². The molecule has 119 heavy (non-hydrogen) atoms. The van der Waals surface area contributed by atoms with Crippen molar-refractivity contribution in [2.75, 3.05) is 67.2 Å². The third-order valence-electron chi connectivity index (χ3n) is 20.5. The molecule has 5 unspecified atom stereocenters. The van der Waals surface area contributed by atoms with Gasteiger partial charge in [-0.2, -0.15) is 5.26 Å². The van der Waals surface area contributed by atoms with E-state index in [1.54, 1.807) is 22.5 Å². The van der Waals surface area contributed by atoms with Crippen molar-refractivity contribution in [2.24, 2.45) is 4.99 Å². The number of aromatic nitrogens is 3. The number of aliphatic imine (C=N–C) groups is 1. The lowest BCUT2D eigenvalue weighted by Gasteiger charge is -2.39. The molecule has 0 fully saturated rings. The van der Waals surface area contributed by atoms with Gasteiger partial charge in [0.15, 0.2) is 65.8 Å². The molecule has 5 aromatic carbocycles. The normalized spacial score (nSPS) is 13.8. The number of hydrogen-bond acceptors (Lipinski definition) is 27. The summed E-state index contributed by atoms with van der Waals surface area (Å²) >= 11 is 5.26. The molecular formula is C89H123N5O18S4Si3. The molecule has 0 radical (unpaired) electrons. The monoisotopic (exact) mass is 1760 g/mol. The van der Waals surface area contributed by atoms with E-state index >= 15 is 0 Å². The lowest BCUT2D eigenvalue weighted by molar-refractivity contribution is -0.141. The highest BCUT2D eigenvalue weighted by atomic mass is 32.2. The molecule has 1 N–H and O–H groups in total. The molecule has 0 saturated heterocycles. The van der Waals surface area contributed by atoms with E-state index in [-0.39, 0.29) is 75.3 Å². The van der Waals surface area contributed by atoms with E-state index in [9.17, 15) is 34.3 Å². The number of esters is 4. The first kappa shape index (κ1) is 101. The number of aliphatic hydroxyl groups excluding tert-OH is 1. The SMILES string of the molecule is CCc1ccc(OCC(=O)c2nc(C(=O)OC)cs2)cc1.CCc1ccc(OCC(C#N)O[Si](C)(C)C(C)(C)C)cc1.CCc1ccc(OCC(O)c2nc(C(=O)OC)cs2)cc1.CCc1ccc(OCC(O[Si](C)(C)C(C)(C)C)C2=NC(C(=O)OC)CS2)cc1.CCc1ccc(OCC(O[Si](C)(C)C(C)(C)C)c2nc(C(=O)OC)cs2)cc1. The summed E-state index contributed by atoms with van der Waals surface area (Å²) in [4.78, 5) is 75.2. The lowest BCUT2D eigenvalue weighted by Crippen LogP contribution is -2.47. The van der Waals surface area contributed by atoms with E-state index in [1.807, 2.05) is 97.1 Å². The van der Waals surface area contributed by atoms with Crippen molar-refractivity contribution < 1.29 is 85.0 Å². The fourth-order valence-corrected chi connectivity index (χ4v) is 16.9. The second kappa shape index (κ2) is 48.3. The predicted molar refractivity (Wildman–Crippen MR) is 483 cm³/mol. The van der Waals surface area contributed by atoms with Gasteiger partial charge in [-0.15, -0.1) is 45.8 Å². The number of nitrogens with zero attached hydrogens (tertiary/aromatic N) is 5. The summed E-state index contributed by atoms with van der Waals surface area (Å²) in [5.41, 5.74) is 6.89. The van der Waals surface area contributed by atoms with Crippen molar-refractivity contribution in [1.82, 2.24) is 15.0 Å². The quantitative estimate of drug-likeness (QED) is 0.0170. The second-order valence-electron chi connectivity index (χ2n) is 32.2. The summed E-state index contributed by atoms with van der Waals surface area (Å²) in [5, 5.41) is 26.5. The smallest absolute Gasteiger partial charge is 0.357 e. The number of thiazole rings is 3. The van der Waals surface area contributed by atoms with Crippen LogP contribution in [0.3, 0.4) is 0 Å². The second-order valence-corrected chi connectivity index (χ2v) is 50.1. The Bertz CT molecular complexity index is 4510. The number of benzene rings is 5. The maximum Gasteiger partial charge on any atom is 0.357 e. The Hall–Kier alpha value is -8.46. The molecule has 1 aliphatic rings. The molecule has 0 bridgehead atoms. The lowest BCUT2D eigenvalue weighted by atomic mass is 10.2. The molecule has 23 nitrogen and oxygen atoms in total. The number of carbonyl (C=O) groups excluding carboxylic acids is 5. The van der Waals surface area contributed by atoms with Crippen molar-refractivity contribution in [1.29, 1.82) is 5.26 Å². The molecule has 1 aliphatic heterocycles. The van der Waals surface area contributed by atoms with Crippen molar-refractivity contribution in [2.45, 2.75) is 214 Å². The summed E-state index contributed by atoms with van der Waals surface area (Å²) in [7, 11) is -0.726. The minimum Gasteiger partial charge on any atom is -0.490 e. The Labute approximate surface area is 724 Å². The van der Waals surface area contributed by atoms with Gasteiger partial charge in [-0.25, -0.2) is 34.1 Å². The number of thioether (sulfide) groups is 1. The number of carbonyl (C=O) groups is 5. The summed E-state index contributed by atoms with van der Waals surface area (Å²) in [6.07, 6.45) is 2.91. The number of Topliss-reactive ketones (excluding diaryl/α,β-unsaturated/α-hetero) is 1. The van der Waals surface area contributed by atoms with Crippen LogP contribution in [0.4, 0.5) is 0 Å². The first-order valence-electron chi connectivity index (χ1n) is 39.7. The van der Waals surface area contributed by atoms with Crippen molar-refractivity contribution in [3.05, 3.63) is 197 Å². The summed E-state index contributed by atoms with van der Waals surface area (Å²) in [6.45, 7) is 44.3. The fourth-order valence-electron chi connectivity index (χ4n) is 9.78. The Morgan fingerprint density at radius 2 is 0.773 bits per heavy atom. The van der Waals surface area contributed by atoms with Gasteiger partial charge in [-0.05, 0) is 175 Å². The molecular weight excluding hydrogens is 1640 g/mol. The largest absolute Gasteiger partial charge is 0.490 e. The molecule has 648 valence electrons. The van der Waals surface area contributed by atoms with Gasteiger partial charge in [0.1, 0.15) is 83.5 Å².